The van der Waals surface area contributed by atoms with Gasteiger partial charge in [0.1, 0.15) is 17.9 Å². The molecule has 0 aliphatic heterocycles. The van der Waals surface area contributed by atoms with Crippen molar-refractivity contribution in [3.8, 4) is 16.9 Å². The van der Waals surface area contributed by atoms with Gasteiger partial charge in [0.05, 0.1) is 32.8 Å². The molecule has 7 nitrogen and oxygen atoms in total. The third-order valence-corrected chi connectivity index (χ3v) is 5.89. The van der Waals surface area contributed by atoms with E-state index in [1.165, 1.54) is 17.7 Å². The first-order valence-corrected chi connectivity index (χ1v) is 10.8. The number of nitrogens with zero attached hydrogens (tertiary/aromatic N) is 5. The number of alkyl halides is 3. The molecule has 11 heteroatoms. The molecule has 0 saturated heterocycles. The van der Waals surface area contributed by atoms with Gasteiger partial charge in [-0.2, -0.15) is 18.3 Å². The van der Waals surface area contributed by atoms with Crippen LogP contribution >= 0.6 is 11.3 Å². The molecule has 0 fully saturated rings. The van der Waals surface area contributed by atoms with Gasteiger partial charge in [0, 0.05) is 24.5 Å². The molecule has 0 radical (unpaired) electrons. The molecule has 168 valence electrons. The van der Waals surface area contributed by atoms with E-state index < -0.39 is 12.3 Å². The fourth-order valence-corrected chi connectivity index (χ4v) is 4.12. The molecule has 0 bridgehead atoms. The predicted octanol–water partition coefficient (Wildman–Crippen LogP) is 5.71. The zero-order valence-corrected chi connectivity index (χ0v) is 18.3. The van der Waals surface area contributed by atoms with Crippen LogP contribution in [0.25, 0.3) is 32.2 Å². The van der Waals surface area contributed by atoms with Gasteiger partial charge in [-0.1, -0.05) is 0 Å². The van der Waals surface area contributed by atoms with Crippen molar-refractivity contribution in [3.05, 3.63) is 54.6 Å². The number of thiazole rings is 1. The summed E-state index contributed by atoms with van der Waals surface area (Å²) in [4.78, 5) is 12.9. The van der Waals surface area contributed by atoms with Crippen LogP contribution in [0.3, 0.4) is 0 Å². The highest BCUT2D eigenvalue weighted by Crippen LogP contribution is 2.38. The van der Waals surface area contributed by atoms with Crippen molar-refractivity contribution in [2.45, 2.75) is 19.2 Å². The Labute approximate surface area is 189 Å². The van der Waals surface area contributed by atoms with Gasteiger partial charge in [0.25, 0.3) is 0 Å². The van der Waals surface area contributed by atoms with Crippen LogP contribution < -0.4 is 10.1 Å². The molecule has 0 amide bonds. The zero-order valence-electron chi connectivity index (χ0n) is 17.5. The summed E-state index contributed by atoms with van der Waals surface area (Å²) in [6.07, 6.45) is -1.80. The van der Waals surface area contributed by atoms with Crippen molar-refractivity contribution in [1.29, 1.82) is 0 Å². The SMILES string of the molecule is C[C@H](Oc1cc(-c2cnn(C)c2)cc2ncnc(Nc3ccc4ncsc4c3)c12)C(F)(F)F. The summed E-state index contributed by atoms with van der Waals surface area (Å²) in [7, 11) is 1.76. The van der Waals surface area contributed by atoms with Gasteiger partial charge in [-0.05, 0) is 42.8 Å². The molecule has 0 aliphatic carbocycles. The second-order valence-corrected chi connectivity index (χ2v) is 8.34. The van der Waals surface area contributed by atoms with Gasteiger partial charge < -0.3 is 10.1 Å². The van der Waals surface area contributed by atoms with E-state index in [2.05, 4.69) is 25.4 Å². The first kappa shape index (κ1) is 21.1. The maximum Gasteiger partial charge on any atom is 0.425 e. The van der Waals surface area contributed by atoms with E-state index in [-0.39, 0.29) is 5.75 Å². The minimum Gasteiger partial charge on any atom is -0.480 e. The molecule has 2 aromatic carbocycles. The van der Waals surface area contributed by atoms with Crippen LogP contribution in [0.15, 0.2) is 54.6 Å². The summed E-state index contributed by atoms with van der Waals surface area (Å²) in [6, 6.07) is 8.93. The Morgan fingerprint density at radius 3 is 2.67 bits per heavy atom. The van der Waals surface area contributed by atoms with E-state index >= 15 is 0 Å². The van der Waals surface area contributed by atoms with E-state index in [4.69, 9.17) is 4.74 Å². The number of anilines is 2. The lowest BCUT2D eigenvalue weighted by atomic mass is 10.1. The highest BCUT2D eigenvalue weighted by atomic mass is 32.1. The summed E-state index contributed by atoms with van der Waals surface area (Å²) in [5.41, 5.74) is 5.14. The van der Waals surface area contributed by atoms with Gasteiger partial charge in [0.15, 0.2) is 6.10 Å². The Balaban J connectivity index is 1.64. The number of rotatable bonds is 5. The molecule has 5 aromatic rings. The highest BCUT2D eigenvalue weighted by Gasteiger charge is 2.38. The molecule has 1 N–H and O–H groups in total. The predicted molar refractivity (Wildman–Crippen MR) is 121 cm³/mol. The van der Waals surface area contributed by atoms with Crippen molar-refractivity contribution < 1.29 is 17.9 Å². The normalized spacial score (nSPS) is 12.9. The standard InChI is InChI=1S/C22H17F3N6OS/c1-12(22(23,24)25)32-18-6-13(14-8-29-31(2)9-14)5-17-20(18)21(27-10-26-17)30-15-3-4-16-19(7-15)33-11-28-16/h3-12H,1-2H3,(H,26,27,30)/t12-/m0/s1. The lowest BCUT2D eigenvalue weighted by Crippen LogP contribution is -2.31. The fraction of sp³-hybridized carbons (Fsp3) is 0.182. The zero-order chi connectivity index (χ0) is 23.2. The number of nitrogens with one attached hydrogen (secondary N) is 1. The molecule has 3 heterocycles. The number of fused-ring (bicyclic) bond motifs is 2. The van der Waals surface area contributed by atoms with Gasteiger partial charge in [-0.15, -0.1) is 11.3 Å². The number of benzene rings is 2. The Hall–Kier alpha value is -3.73. The average molecular weight is 470 g/mol. The van der Waals surface area contributed by atoms with Crippen molar-refractivity contribution in [3.63, 3.8) is 0 Å². The quantitative estimate of drug-likeness (QED) is 0.354. The van der Waals surface area contributed by atoms with Gasteiger partial charge in [-0.3, -0.25) is 4.68 Å². The maximum atomic E-state index is 13.3. The fourth-order valence-electron chi connectivity index (χ4n) is 3.41. The second-order valence-electron chi connectivity index (χ2n) is 7.46. The topological polar surface area (TPSA) is 77.8 Å². The van der Waals surface area contributed by atoms with Crippen LogP contribution in [0.5, 0.6) is 5.75 Å². The molecule has 0 aliphatic rings. The number of hydrogen-bond acceptors (Lipinski definition) is 7. The van der Waals surface area contributed by atoms with E-state index in [0.29, 0.717) is 22.3 Å². The number of halogens is 3. The van der Waals surface area contributed by atoms with Crippen molar-refractivity contribution >= 4 is 44.0 Å². The van der Waals surface area contributed by atoms with E-state index in [1.807, 2.05) is 18.2 Å². The van der Waals surface area contributed by atoms with Crippen LogP contribution in [0.2, 0.25) is 0 Å². The Morgan fingerprint density at radius 1 is 1.06 bits per heavy atom. The molecule has 1 atom stereocenters. The summed E-state index contributed by atoms with van der Waals surface area (Å²) < 4.78 is 48.0. The van der Waals surface area contributed by atoms with Crippen LogP contribution in [-0.2, 0) is 7.05 Å². The molecule has 0 unspecified atom stereocenters. The van der Waals surface area contributed by atoms with Crippen molar-refractivity contribution in [2.24, 2.45) is 7.05 Å². The van der Waals surface area contributed by atoms with Crippen LogP contribution in [0.1, 0.15) is 6.92 Å². The number of aromatic nitrogens is 5. The van der Waals surface area contributed by atoms with E-state index in [0.717, 1.165) is 28.4 Å². The Bertz CT molecular complexity index is 1460. The monoisotopic (exact) mass is 470 g/mol. The van der Waals surface area contributed by atoms with Gasteiger partial charge in [0.2, 0.25) is 0 Å². The largest absolute Gasteiger partial charge is 0.480 e. The highest BCUT2D eigenvalue weighted by molar-refractivity contribution is 7.16. The van der Waals surface area contributed by atoms with Gasteiger partial charge >= 0.3 is 6.18 Å². The Morgan fingerprint density at radius 2 is 1.91 bits per heavy atom. The maximum absolute atomic E-state index is 13.3. The minimum atomic E-state index is -4.53. The van der Waals surface area contributed by atoms with Crippen LogP contribution in [-0.4, -0.2) is 37.0 Å². The Kier molecular flexibility index (Phi) is 5.12. The van der Waals surface area contributed by atoms with E-state index in [9.17, 15) is 13.2 Å². The molecule has 3 aromatic heterocycles. The molecule has 0 saturated carbocycles. The minimum absolute atomic E-state index is 0.0261. The van der Waals surface area contributed by atoms with Crippen LogP contribution in [0, 0.1) is 0 Å². The molecular formula is C22H17F3N6OS. The number of aryl methyl sites for hydroxylation is 1. The summed E-state index contributed by atoms with van der Waals surface area (Å²) in [6.45, 7) is 0.969. The first-order valence-electron chi connectivity index (χ1n) is 9.89. The molecular weight excluding hydrogens is 453 g/mol. The number of hydrogen-bond donors (Lipinski definition) is 1. The van der Waals surface area contributed by atoms with Crippen LogP contribution in [0.4, 0.5) is 24.7 Å². The third-order valence-electron chi connectivity index (χ3n) is 5.10. The summed E-state index contributed by atoms with van der Waals surface area (Å²) >= 11 is 1.49. The number of ether oxygens (including phenoxy) is 1. The second kappa shape index (κ2) is 8.00. The molecule has 0 spiro atoms. The average Bonchev–Trinajstić information content (AvgIpc) is 3.41. The van der Waals surface area contributed by atoms with Crippen molar-refractivity contribution in [1.82, 2.24) is 24.7 Å². The van der Waals surface area contributed by atoms with E-state index in [1.54, 1.807) is 41.8 Å². The smallest absolute Gasteiger partial charge is 0.425 e. The third kappa shape index (κ3) is 4.19. The summed E-state index contributed by atoms with van der Waals surface area (Å²) in [5, 5.41) is 7.69. The van der Waals surface area contributed by atoms with Gasteiger partial charge in [-0.25, -0.2) is 15.0 Å². The molecule has 5 rings (SSSR count). The van der Waals surface area contributed by atoms with Crippen molar-refractivity contribution in [2.75, 3.05) is 5.32 Å². The lowest BCUT2D eigenvalue weighted by molar-refractivity contribution is -0.188. The first-order chi connectivity index (χ1) is 15.8. The summed E-state index contributed by atoms with van der Waals surface area (Å²) in [5.74, 6) is 0.365. The molecule has 33 heavy (non-hydrogen) atoms. The lowest BCUT2D eigenvalue weighted by Gasteiger charge is -2.20.